The molecule has 1 unspecified atom stereocenters. The summed E-state index contributed by atoms with van der Waals surface area (Å²) in [7, 11) is 1.56. The van der Waals surface area contributed by atoms with Gasteiger partial charge >= 0.3 is 5.97 Å². The van der Waals surface area contributed by atoms with Crippen LogP contribution in [0.1, 0.15) is 24.1 Å². The van der Waals surface area contributed by atoms with Crippen molar-refractivity contribution in [2.45, 2.75) is 13.0 Å². The van der Waals surface area contributed by atoms with E-state index in [0.717, 1.165) is 5.69 Å². The number of non-ortho nitro benzene ring substituents is 1. The number of hydrogen-bond donors (Lipinski definition) is 0. The first-order valence-electron chi connectivity index (χ1n) is 14.1. The number of para-hydroxylation sites is 1. The number of carbonyl (C=O) groups is 1. The number of nitrogens with zero attached hydrogens (tertiary/aromatic N) is 5. The number of thiazole rings is 1. The van der Waals surface area contributed by atoms with E-state index in [4.69, 9.17) is 14.6 Å². The van der Waals surface area contributed by atoms with Crippen LogP contribution in [0.5, 0.6) is 5.75 Å². The van der Waals surface area contributed by atoms with Gasteiger partial charge in [-0.25, -0.2) is 14.5 Å². The summed E-state index contributed by atoms with van der Waals surface area (Å²) in [5.41, 5.74) is 3.19. The number of hydrogen-bond acceptors (Lipinski definition) is 9. The van der Waals surface area contributed by atoms with E-state index in [2.05, 4.69) is 11.6 Å². The molecular weight excluding hydrogens is 606 g/mol. The Morgan fingerprint density at radius 3 is 2.57 bits per heavy atom. The molecule has 6 rings (SSSR count). The molecule has 0 N–H and O–H groups in total. The lowest BCUT2D eigenvalue weighted by Gasteiger charge is -2.24. The summed E-state index contributed by atoms with van der Waals surface area (Å²) in [5.74, 6) is 0.0186. The first kappa shape index (κ1) is 30.2. The molecule has 1 aliphatic heterocycles. The minimum absolute atomic E-state index is 0.00119. The van der Waals surface area contributed by atoms with E-state index in [-0.39, 0.29) is 23.4 Å². The van der Waals surface area contributed by atoms with E-state index in [0.29, 0.717) is 43.2 Å². The van der Waals surface area contributed by atoms with Crippen molar-refractivity contribution in [2.75, 3.05) is 13.7 Å². The van der Waals surface area contributed by atoms with Crippen molar-refractivity contribution in [3.8, 4) is 22.7 Å². The van der Waals surface area contributed by atoms with Gasteiger partial charge in [0.05, 0.1) is 39.6 Å². The maximum absolute atomic E-state index is 14.2. The average molecular weight is 634 g/mol. The molecule has 0 aliphatic carbocycles. The molecule has 3 heterocycles. The third kappa shape index (κ3) is 5.69. The minimum atomic E-state index is -0.815. The predicted molar refractivity (Wildman–Crippen MR) is 174 cm³/mol. The number of aromatic nitrogens is 3. The van der Waals surface area contributed by atoms with E-state index in [1.165, 1.54) is 34.1 Å². The zero-order chi connectivity index (χ0) is 32.4. The summed E-state index contributed by atoms with van der Waals surface area (Å²) in [5, 5.41) is 16.3. The third-order valence-corrected chi connectivity index (χ3v) is 8.37. The Balaban J connectivity index is 1.55. The van der Waals surface area contributed by atoms with Crippen molar-refractivity contribution in [3.05, 3.63) is 150 Å². The molecule has 2 aromatic heterocycles. The van der Waals surface area contributed by atoms with Crippen LogP contribution in [0.2, 0.25) is 0 Å². The van der Waals surface area contributed by atoms with Crippen molar-refractivity contribution in [1.82, 2.24) is 14.3 Å². The predicted octanol–water partition coefficient (Wildman–Crippen LogP) is 4.73. The van der Waals surface area contributed by atoms with Crippen LogP contribution < -0.4 is 19.6 Å². The lowest BCUT2D eigenvalue weighted by molar-refractivity contribution is -0.384. The Bertz CT molecular complexity index is 2200. The van der Waals surface area contributed by atoms with Crippen molar-refractivity contribution in [1.29, 1.82) is 0 Å². The van der Waals surface area contributed by atoms with Crippen LogP contribution in [0.4, 0.5) is 5.69 Å². The number of esters is 1. The van der Waals surface area contributed by atoms with E-state index in [1.807, 2.05) is 30.3 Å². The first-order chi connectivity index (χ1) is 22.3. The number of carbonyl (C=O) groups excluding carboxylic acids is 1. The standard InChI is InChI=1S/C34H27N5O6S/c1-4-17-45-33(41)29-21(2)35-34-38(31(29)22-13-15-27(44-3)16-14-22)32(40)28(46-34)19-24-20-37(25-10-6-5-7-11-25)36-30(24)23-9-8-12-26(18-23)39(42)43/h4-16,18-20,31H,1,17H2,2-3H3. The van der Waals surface area contributed by atoms with Gasteiger partial charge in [0.15, 0.2) is 4.80 Å². The Kier molecular flexibility index (Phi) is 8.27. The maximum atomic E-state index is 14.2. The summed E-state index contributed by atoms with van der Waals surface area (Å²) in [4.78, 5) is 43.7. The Labute approximate surface area is 266 Å². The summed E-state index contributed by atoms with van der Waals surface area (Å²) < 4.78 is 14.2. The van der Waals surface area contributed by atoms with Gasteiger partial charge in [-0.1, -0.05) is 66.5 Å². The number of nitro benzene ring substituents is 1. The van der Waals surface area contributed by atoms with Gasteiger partial charge in [-0.2, -0.15) is 5.10 Å². The number of fused-ring (bicyclic) bond motifs is 1. The SMILES string of the molecule is C=CCOC(=O)C1=C(C)N=c2sc(=Cc3cn(-c4ccccc4)nc3-c3cccc([N+](=O)[O-])c3)c(=O)n2C1c1ccc(OC)cc1. The zero-order valence-electron chi connectivity index (χ0n) is 24.8. The molecule has 0 radical (unpaired) electrons. The molecule has 11 nitrogen and oxygen atoms in total. The monoisotopic (exact) mass is 633 g/mol. The van der Waals surface area contributed by atoms with E-state index in [1.54, 1.807) is 67.4 Å². The quantitative estimate of drug-likeness (QED) is 0.0993. The van der Waals surface area contributed by atoms with E-state index >= 15 is 0 Å². The highest BCUT2D eigenvalue weighted by atomic mass is 32.1. The second kappa shape index (κ2) is 12.6. The maximum Gasteiger partial charge on any atom is 0.338 e. The molecule has 1 aliphatic rings. The fraction of sp³-hybridized carbons (Fsp3) is 0.118. The van der Waals surface area contributed by atoms with Gasteiger partial charge in [0.25, 0.3) is 11.2 Å². The smallest absolute Gasteiger partial charge is 0.338 e. The molecule has 0 bridgehead atoms. The Morgan fingerprint density at radius 2 is 1.87 bits per heavy atom. The second-order valence-corrected chi connectivity index (χ2v) is 11.3. The lowest BCUT2D eigenvalue weighted by Crippen LogP contribution is -2.39. The number of nitro groups is 1. The van der Waals surface area contributed by atoms with Gasteiger partial charge in [-0.05, 0) is 42.8 Å². The third-order valence-electron chi connectivity index (χ3n) is 7.39. The van der Waals surface area contributed by atoms with Crippen LogP contribution in [0, 0.1) is 10.1 Å². The molecule has 0 fully saturated rings. The number of benzene rings is 3. The largest absolute Gasteiger partial charge is 0.497 e. The molecule has 1 atom stereocenters. The highest BCUT2D eigenvalue weighted by Gasteiger charge is 2.33. The number of methoxy groups -OCH3 is 1. The van der Waals surface area contributed by atoms with Crippen LogP contribution in [0.15, 0.2) is 119 Å². The molecule has 3 aromatic carbocycles. The fourth-order valence-electron chi connectivity index (χ4n) is 5.23. The van der Waals surface area contributed by atoms with Crippen LogP contribution in [-0.2, 0) is 9.53 Å². The zero-order valence-corrected chi connectivity index (χ0v) is 25.6. The van der Waals surface area contributed by atoms with E-state index < -0.39 is 16.9 Å². The lowest BCUT2D eigenvalue weighted by atomic mass is 9.96. The molecule has 12 heteroatoms. The number of rotatable bonds is 9. The molecule has 0 amide bonds. The summed E-state index contributed by atoms with van der Waals surface area (Å²) >= 11 is 1.17. The molecular formula is C34H27N5O6S. The van der Waals surface area contributed by atoms with Gasteiger partial charge in [0.1, 0.15) is 18.1 Å². The van der Waals surface area contributed by atoms with Crippen molar-refractivity contribution < 1.29 is 19.2 Å². The second-order valence-electron chi connectivity index (χ2n) is 10.3. The average Bonchev–Trinajstić information content (AvgIpc) is 3.64. The van der Waals surface area contributed by atoms with Crippen LogP contribution in [-0.4, -0.2) is 39.0 Å². The van der Waals surface area contributed by atoms with Crippen molar-refractivity contribution >= 4 is 29.1 Å². The highest BCUT2D eigenvalue weighted by molar-refractivity contribution is 7.07. The Morgan fingerprint density at radius 1 is 1.11 bits per heavy atom. The normalized spacial score (nSPS) is 14.4. The van der Waals surface area contributed by atoms with Crippen LogP contribution >= 0.6 is 11.3 Å². The molecule has 230 valence electrons. The number of allylic oxidation sites excluding steroid dienone is 1. The molecule has 0 saturated carbocycles. The summed E-state index contributed by atoms with van der Waals surface area (Å²) in [6, 6.07) is 21.9. The van der Waals surface area contributed by atoms with Crippen LogP contribution in [0.3, 0.4) is 0 Å². The Hall–Kier alpha value is -5.88. The number of ether oxygens (including phenoxy) is 2. The van der Waals surface area contributed by atoms with Gasteiger partial charge in [0.2, 0.25) is 0 Å². The topological polar surface area (TPSA) is 131 Å². The van der Waals surface area contributed by atoms with Gasteiger partial charge in [0, 0.05) is 29.5 Å². The van der Waals surface area contributed by atoms with Crippen molar-refractivity contribution in [2.24, 2.45) is 4.99 Å². The van der Waals surface area contributed by atoms with Crippen molar-refractivity contribution in [3.63, 3.8) is 0 Å². The van der Waals surface area contributed by atoms with Gasteiger partial charge in [-0.15, -0.1) is 0 Å². The summed E-state index contributed by atoms with van der Waals surface area (Å²) in [6.45, 7) is 5.33. The first-order valence-corrected chi connectivity index (χ1v) is 14.9. The fourth-order valence-corrected chi connectivity index (χ4v) is 6.27. The molecule has 0 saturated heterocycles. The molecule has 46 heavy (non-hydrogen) atoms. The van der Waals surface area contributed by atoms with Gasteiger partial charge in [-0.3, -0.25) is 19.5 Å². The summed E-state index contributed by atoms with van der Waals surface area (Å²) in [6.07, 6.45) is 4.94. The van der Waals surface area contributed by atoms with Gasteiger partial charge < -0.3 is 9.47 Å². The highest BCUT2D eigenvalue weighted by Crippen LogP contribution is 2.32. The molecule has 0 spiro atoms. The van der Waals surface area contributed by atoms with Crippen LogP contribution in [0.25, 0.3) is 23.0 Å². The van der Waals surface area contributed by atoms with E-state index in [9.17, 15) is 19.7 Å². The molecule has 5 aromatic rings. The minimum Gasteiger partial charge on any atom is -0.497 e.